The topological polar surface area (TPSA) is 79.3 Å². The summed E-state index contributed by atoms with van der Waals surface area (Å²) in [5.41, 5.74) is 0.520. The zero-order valence-corrected chi connectivity index (χ0v) is 12.6. The lowest BCUT2D eigenvalue weighted by atomic mass is 9.82. The van der Waals surface area contributed by atoms with Crippen molar-refractivity contribution in [2.75, 3.05) is 6.54 Å². The lowest BCUT2D eigenvalue weighted by Crippen LogP contribution is -2.32. The second-order valence-corrected chi connectivity index (χ2v) is 5.86. The molecule has 0 aliphatic heterocycles. The Kier molecular flexibility index (Phi) is 5.11. The van der Waals surface area contributed by atoms with Gasteiger partial charge in [-0.3, -0.25) is 9.59 Å². The summed E-state index contributed by atoms with van der Waals surface area (Å²) < 4.78 is 0.534. The number of nitrogens with one attached hydrogen (secondary N) is 1. The molecule has 20 heavy (non-hydrogen) atoms. The first kappa shape index (κ1) is 15.0. The first-order valence-electron chi connectivity index (χ1n) is 6.69. The normalized spacial score (nSPS) is 22.2. The van der Waals surface area contributed by atoms with Gasteiger partial charge in [0.2, 0.25) is 0 Å². The second kappa shape index (κ2) is 6.83. The SMILES string of the molecule is O=C(NCC1CCC(C(=O)O)CC1)c1cccnc1Br. The molecule has 1 amide bonds. The highest BCUT2D eigenvalue weighted by Crippen LogP contribution is 2.28. The van der Waals surface area contributed by atoms with Crippen LogP contribution in [-0.2, 0) is 4.79 Å². The van der Waals surface area contributed by atoms with Crippen LogP contribution in [0.4, 0.5) is 0 Å². The van der Waals surface area contributed by atoms with E-state index in [-0.39, 0.29) is 11.8 Å². The molecule has 2 rings (SSSR count). The van der Waals surface area contributed by atoms with Crippen molar-refractivity contribution < 1.29 is 14.7 Å². The monoisotopic (exact) mass is 340 g/mol. The van der Waals surface area contributed by atoms with Crippen LogP contribution in [0, 0.1) is 11.8 Å². The summed E-state index contributed by atoms with van der Waals surface area (Å²) in [5, 5.41) is 11.8. The second-order valence-electron chi connectivity index (χ2n) is 5.11. The zero-order valence-electron chi connectivity index (χ0n) is 11.0. The minimum absolute atomic E-state index is 0.148. The molecule has 1 saturated carbocycles. The molecule has 0 bridgehead atoms. The summed E-state index contributed by atoms with van der Waals surface area (Å²) in [4.78, 5) is 26.9. The minimum Gasteiger partial charge on any atom is -0.481 e. The Morgan fingerprint density at radius 2 is 2.05 bits per heavy atom. The van der Waals surface area contributed by atoms with Gasteiger partial charge in [-0.05, 0) is 59.7 Å². The first-order chi connectivity index (χ1) is 9.58. The summed E-state index contributed by atoms with van der Waals surface area (Å²) in [6.45, 7) is 0.590. The van der Waals surface area contributed by atoms with Gasteiger partial charge in [-0.15, -0.1) is 0 Å². The number of carboxylic acid groups (broad SMARTS) is 1. The molecule has 0 saturated heterocycles. The van der Waals surface area contributed by atoms with E-state index in [1.165, 1.54) is 0 Å². The van der Waals surface area contributed by atoms with E-state index in [1.54, 1.807) is 18.3 Å². The molecule has 1 aliphatic rings. The Balaban J connectivity index is 1.80. The number of amides is 1. The van der Waals surface area contributed by atoms with Crippen LogP contribution in [0.3, 0.4) is 0 Å². The molecule has 1 aromatic rings. The molecule has 1 aromatic heterocycles. The fraction of sp³-hybridized carbons (Fsp3) is 0.500. The lowest BCUT2D eigenvalue weighted by molar-refractivity contribution is -0.143. The molecule has 1 heterocycles. The number of halogens is 1. The molecule has 0 radical (unpaired) electrons. The van der Waals surface area contributed by atoms with Gasteiger partial charge in [-0.1, -0.05) is 0 Å². The van der Waals surface area contributed by atoms with Crippen molar-refractivity contribution in [3.05, 3.63) is 28.5 Å². The predicted molar refractivity (Wildman–Crippen MR) is 77.4 cm³/mol. The van der Waals surface area contributed by atoms with E-state index >= 15 is 0 Å². The Morgan fingerprint density at radius 1 is 1.35 bits per heavy atom. The number of nitrogens with zero attached hydrogens (tertiary/aromatic N) is 1. The molecule has 0 unspecified atom stereocenters. The molecular formula is C14H17BrN2O3. The third kappa shape index (κ3) is 3.79. The van der Waals surface area contributed by atoms with E-state index in [0.717, 1.165) is 12.8 Å². The van der Waals surface area contributed by atoms with Crippen LogP contribution in [0.2, 0.25) is 0 Å². The Morgan fingerprint density at radius 3 is 2.65 bits per heavy atom. The molecule has 0 spiro atoms. The Hall–Kier alpha value is -1.43. The van der Waals surface area contributed by atoms with Crippen LogP contribution in [0.25, 0.3) is 0 Å². The standard InChI is InChI=1S/C14H17BrN2O3/c15-12-11(2-1-7-16-12)13(18)17-8-9-3-5-10(6-4-9)14(19)20/h1-2,7,9-10H,3-6,8H2,(H,17,18)(H,19,20). The lowest BCUT2D eigenvalue weighted by Gasteiger charge is -2.26. The maximum atomic E-state index is 12.0. The summed E-state index contributed by atoms with van der Waals surface area (Å²) in [5.74, 6) is -0.698. The highest BCUT2D eigenvalue weighted by atomic mass is 79.9. The van der Waals surface area contributed by atoms with Crippen LogP contribution >= 0.6 is 15.9 Å². The molecule has 6 heteroatoms. The van der Waals surface area contributed by atoms with Gasteiger partial charge in [0.1, 0.15) is 4.60 Å². The van der Waals surface area contributed by atoms with Crippen molar-refractivity contribution in [2.45, 2.75) is 25.7 Å². The number of carbonyl (C=O) groups excluding carboxylic acids is 1. The van der Waals surface area contributed by atoms with Gasteiger partial charge < -0.3 is 10.4 Å². The van der Waals surface area contributed by atoms with Crippen molar-refractivity contribution in [1.29, 1.82) is 0 Å². The number of carboxylic acids is 1. The maximum absolute atomic E-state index is 12.0. The van der Waals surface area contributed by atoms with E-state index in [4.69, 9.17) is 5.11 Å². The number of pyridine rings is 1. The number of aromatic nitrogens is 1. The fourth-order valence-corrected chi connectivity index (χ4v) is 2.93. The van der Waals surface area contributed by atoms with Gasteiger partial charge in [0.25, 0.3) is 5.91 Å². The molecule has 0 atom stereocenters. The van der Waals surface area contributed by atoms with E-state index in [0.29, 0.717) is 35.5 Å². The van der Waals surface area contributed by atoms with E-state index in [1.807, 2.05) is 0 Å². The van der Waals surface area contributed by atoms with Crippen molar-refractivity contribution >= 4 is 27.8 Å². The Labute approximate surface area is 125 Å². The van der Waals surface area contributed by atoms with Crippen LogP contribution in [0.1, 0.15) is 36.0 Å². The summed E-state index contributed by atoms with van der Waals surface area (Å²) in [7, 11) is 0. The van der Waals surface area contributed by atoms with Gasteiger partial charge in [-0.25, -0.2) is 4.98 Å². The van der Waals surface area contributed by atoms with Crippen LogP contribution in [0.15, 0.2) is 22.9 Å². The third-order valence-corrected chi connectivity index (χ3v) is 4.38. The van der Waals surface area contributed by atoms with E-state index in [9.17, 15) is 9.59 Å². The van der Waals surface area contributed by atoms with Crippen molar-refractivity contribution in [2.24, 2.45) is 11.8 Å². The number of rotatable bonds is 4. The van der Waals surface area contributed by atoms with Crippen molar-refractivity contribution in [1.82, 2.24) is 10.3 Å². The van der Waals surface area contributed by atoms with Crippen molar-refractivity contribution in [3.63, 3.8) is 0 Å². The third-order valence-electron chi connectivity index (χ3n) is 3.75. The molecule has 1 aliphatic carbocycles. The average Bonchev–Trinajstić information content (AvgIpc) is 2.45. The molecule has 108 valence electrons. The van der Waals surface area contributed by atoms with Gasteiger partial charge in [0, 0.05) is 12.7 Å². The summed E-state index contributed by atoms with van der Waals surface area (Å²) >= 11 is 3.25. The van der Waals surface area contributed by atoms with Gasteiger partial charge in [0.05, 0.1) is 11.5 Å². The highest BCUT2D eigenvalue weighted by molar-refractivity contribution is 9.10. The summed E-state index contributed by atoms with van der Waals surface area (Å²) in [6, 6.07) is 3.44. The first-order valence-corrected chi connectivity index (χ1v) is 7.48. The number of carbonyl (C=O) groups is 2. The van der Waals surface area contributed by atoms with Gasteiger partial charge in [-0.2, -0.15) is 0 Å². The van der Waals surface area contributed by atoms with Crippen LogP contribution < -0.4 is 5.32 Å². The predicted octanol–water partition coefficient (Wildman–Crippen LogP) is 2.46. The van der Waals surface area contributed by atoms with E-state index < -0.39 is 5.97 Å². The zero-order chi connectivity index (χ0) is 14.5. The number of hydrogen-bond acceptors (Lipinski definition) is 3. The largest absolute Gasteiger partial charge is 0.481 e. The average molecular weight is 341 g/mol. The molecule has 5 nitrogen and oxygen atoms in total. The number of aliphatic carboxylic acids is 1. The van der Waals surface area contributed by atoms with Crippen LogP contribution in [-0.4, -0.2) is 28.5 Å². The summed E-state index contributed by atoms with van der Waals surface area (Å²) in [6.07, 6.45) is 4.73. The Bertz CT molecular complexity index is 499. The quantitative estimate of drug-likeness (QED) is 0.825. The number of hydrogen-bond donors (Lipinski definition) is 2. The fourth-order valence-electron chi connectivity index (χ4n) is 2.50. The van der Waals surface area contributed by atoms with Gasteiger partial charge in [0.15, 0.2) is 0 Å². The van der Waals surface area contributed by atoms with Gasteiger partial charge >= 0.3 is 5.97 Å². The molecular weight excluding hydrogens is 324 g/mol. The maximum Gasteiger partial charge on any atom is 0.306 e. The molecule has 2 N–H and O–H groups in total. The highest BCUT2D eigenvalue weighted by Gasteiger charge is 2.26. The van der Waals surface area contributed by atoms with Crippen LogP contribution in [0.5, 0.6) is 0 Å². The minimum atomic E-state index is -0.702. The van der Waals surface area contributed by atoms with E-state index in [2.05, 4.69) is 26.2 Å². The molecule has 1 fully saturated rings. The molecule has 0 aromatic carbocycles. The smallest absolute Gasteiger partial charge is 0.306 e. The van der Waals surface area contributed by atoms with Crippen molar-refractivity contribution in [3.8, 4) is 0 Å².